The maximum Gasteiger partial charge on any atom is 0.306 e. The van der Waals surface area contributed by atoms with Gasteiger partial charge >= 0.3 is 5.97 Å². The quantitative estimate of drug-likeness (QED) is 0.637. The average molecular weight is 198 g/mol. The maximum atomic E-state index is 11.2. The van der Waals surface area contributed by atoms with Gasteiger partial charge in [-0.15, -0.1) is 0 Å². The van der Waals surface area contributed by atoms with Crippen molar-refractivity contribution in [2.45, 2.75) is 52.9 Å². The lowest BCUT2D eigenvalue weighted by molar-refractivity contribution is -0.144. The third kappa shape index (κ3) is 3.00. The lowest BCUT2D eigenvalue weighted by Crippen LogP contribution is -2.31. The summed E-state index contributed by atoms with van der Waals surface area (Å²) in [4.78, 5) is 11.2. The topological polar surface area (TPSA) is 26.3 Å². The molecule has 2 heteroatoms. The van der Waals surface area contributed by atoms with E-state index in [4.69, 9.17) is 4.74 Å². The van der Waals surface area contributed by atoms with E-state index in [-0.39, 0.29) is 11.4 Å². The third-order valence-corrected chi connectivity index (χ3v) is 3.61. The van der Waals surface area contributed by atoms with E-state index in [2.05, 4.69) is 20.8 Å². The zero-order valence-corrected chi connectivity index (χ0v) is 9.85. The van der Waals surface area contributed by atoms with Crippen LogP contribution in [0.1, 0.15) is 52.9 Å². The van der Waals surface area contributed by atoms with Gasteiger partial charge in [0.05, 0.1) is 13.5 Å². The van der Waals surface area contributed by atoms with E-state index in [9.17, 15) is 4.79 Å². The second kappa shape index (κ2) is 3.92. The fraction of sp³-hybridized carbons (Fsp3) is 0.917. The molecule has 82 valence electrons. The average Bonchev–Trinajstić information content (AvgIpc) is 2.11. The van der Waals surface area contributed by atoms with Crippen LogP contribution in [0.15, 0.2) is 0 Å². The van der Waals surface area contributed by atoms with E-state index in [1.54, 1.807) is 0 Å². The Balaban J connectivity index is 2.49. The summed E-state index contributed by atoms with van der Waals surface area (Å²) in [7, 11) is 1.47. The number of hydrogen-bond donors (Lipinski definition) is 0. The van der Waals surface area contributed by atoms with E-state index in [0.717, 1.165) is 12.8 Å². The van der Waals surface area contributed by atoms with Crippen LogP contribution in [0.25, 0.3) is 0 Å². The third-order valence-electron chi connectivity index (χ3n) is 3.61. The smallest absolute Gasteiger partial charge is 0.306 e. The van der Waals surface area contributed by atoms with Gasteiger partial charge in [-0.25, -0.2) is 0 Å². The lowest BCUT2D eigenvalue weighted by atomic mass is 9.65. The van der Waals surface area contributed by atoms with Gasteiger partial charge in [-0.05, 0) is 36.5 Å². The van der Waals surface area contributed by atoms with Crippen molar-refractivity contribution in [2.24, 2.45) is 10.8 Å². The van der Waals surface area contributed by atoms with Crippen LogP contribution in [-0.2, 0) is 9.53 Å². The molecule has 0 N–H and O–H groups in total. The summed E-state index contributed by atoms with van der Waals surface area (Å²) in [6, 6.07) is 0. The molecule has 1 fully saturated rings. The van der Waals surface area contributed by atoms with Crippen LogP contribution in [0.4, 0.5) is 0 Å². The molecule has 0 amide bonds. The molecule has 1 aliphatic carbocycles. The fourth-order valence-electron chi connectivity index (χ4n) is 2.13. The highest BCUT2D eigenvalue weighted by molar-refractivity contribution is 5.70. The molecule has 1 saturated carbocycles. The minimum absolute atomic E-state index is 0.0628. The molecule has 0 aromatic rings. The number of carbonyl (C=O) groups excluding carboxylic acids is 1. The summed E-state index contributed by atoms with van der Waals surface area (Å²) in [6.45, 7) is 6.83. The zero-order chi connectivity index (χ0) is 10.8. The fourth-order valence-corrected chi connectivity index (χ4v) is 2.13. The number of carbonyl (C=O) groups is 1. The Hall–Kier alpha value is -0.530. The minimum Gasteiger partial charge on any atom is -0.469 e. The Labute approximate surface area is 87.0 Å². The van der Waals surface area contributed by atoms with E-state index >= 15 is 0 Å². The molecule has 0 spiro atoms. The van der Waals surface area contributed by atoms with Gasteiger partial charge in [-0.2, -0.15) is 0 Å². The van der Waals surface area contributed by atoms with Crippen molar-refractivity contribution in [1.82, 2.24) is 0 Å². The van der Waals surface area contributed by atoms with Gasteiger partial charge in [0.15, 0.2) is 0 Å². The first-order chi connectivity index (χ1) is 6.37. The molecule has 14 heavy (non-hydrogen) atoms. The second-order valence-electron chi connectivity index (χ2n) is 5.73. The highest BCUT2D eigenvalue weighted by atomic mass is 16.5. The lowest BCUT2D eigenvalue weighted by Gasteiger charge is -2.40. The molecule has 0 bridgehead atoms. The Morgan fingerprint density at radius 2 is 1.64 bits per heavy atom. The zero-order valence-electron chi connectivity index (χ0n) is 9.85. The van der Waals surface area contributed by atoms with Crippen molar-refractivity contribution in [2.75, 3.05) is 7.11 Å². The first-order valence-electron chi connectivity index (χ1n) is 5.44. The molecule has 0 aromatic carbocycles. The van der Waals surface area contributed by atoms with Gasteiger partial charge in [0.1, 0.15) is 0 Å². The molecule has 0 unspecified atom stereocenters. The Kier molecular flexibility index (Phi) is 3.23. The molecule has 0 heterocycles. The summed E-state index contributed by atoms with van der Waals surface area (Å²) >= 11 is 0. The van der Waals surface area contributed by atoms with Crippen molar-refractivity contribution in [1.29, 1.82) is 0 Å². The van der Waals surface area contributed by atoms with Crippen LogP contribution in [0.3, 0.4) is 0 Å². The highest BCUT2D eigenvalue weighted by Gasteiger charge is 2.36. The first-order valence-corrected chi connectivity index (χ1v) is 5.44. The molecular weight excluding hydrogens is 176 g/mol. The molecule has 0 aliphatic heterocycles. The summed E-state index contributed by atoms with van der Waals surface area (Å²) in [6.07, 6.45) is 5.32. The van der Waals surface area contributed by atoms with E-state index in [0.29, 0.717) is 11.8 Å². The van der Waals surface area contributed by atoms with Crippen LogP contribution in [0.5, 0.6) is 0 Å². The molecule has 0 saturated heterocycles. The molecule has 2 nitrogen and oxygen atoms in total. The number of rotatable bonds is 2. The SMILES string of the molecule is COC(=O)CC1(C)CCC(C)(C)CC1. The minimum atomic E-state index is -0.0628. The van der Waals surface area contributed by atoms with Crippen LogP contribution >= 0.6 is 0 Å². The van der Waals surface area contributed by atoms with Crippen LogP contribution in [-0.4, -0.2) is 13.1 Å². The largest absolute Gasteiger partial charge is 0.469 e. The normalized spacial score (nSPS) is 24.3. The van der Waals surface area contributed by atoms with E-state index in [1.807, 2.05) is 0 Å². The van der Waals surface area contributed by atoms with Crippen LogP contribution in [0, 0.1) is 10.8 Å². The molecule has 1 rings (SSSR count). The van der Waals surface area contributed by atoms with Crippen molar-refractivity contribution in [3.63, 3.8) is 0 Å². The van der Waals surface area contributed by atoms with E-state index < -0.39 is 0 Å². The monoisotopic (exact) mass is 198 g/mol. The number of hydrogen-bond acceptors (Lipinski definition) is 2. The second-order valence-corrected chi connectivity index (χ2v) is 5.73. The molecule has 0 aromatic heterocycles. The molecule has 0 radical (unpaired) electrons. The van der Waals surface area contributed by atoms with Crippen molar-refractivity contribution >= 4 is 5.97 Å². The summed E-state index contributed by atoms with van der Waals surface area (Å²) < 4.78 is 4.73. The predicted molar refractivity (Wildman–Crippen MR) is 57.0 cm³/mol. The Bertz CT molecular complexity index is 208. The van der Waals surface area contributed by atoms with Gasteiger partial charge < -0.3 is 4.74 Å². The van der Waals surface area contributed by atoms with Crippen molar-refractivity contribution in [3.8, 4) is 0 Å². The molecule has 0 atom stereocenters. The standard InChI is InChI=1S/C12H22O2/c1-11(2)5-7-12(3,8-6-11)9-10(13)14-4/h5-9H2,1-4H3. The van der Waals surface area contributed by atoms with Gasteiger partial charge in [0.25, 0.3) is 0 Å². The van der Waals surface area contributed by atoms with Gasteiger partial charge in [-0.3, -0.25) is 4.79 Å². The number of ether oxygens (including phenoxy) is 1. The number of esters is 1. The highest BCUT2D eigenvalue weighted by Crippen LogP contribution is 2.46. The summed E-state index contributed by atoms with van der Waals surface area (Å²) in [5, 5.41) is 0. The van der Waals surface area contributed by atoms with Gasteiger partial charge in [0.2, 0.25) is 0 Å². The van der Waals surface area contributed by atoms with Crippen molar-refractivity contribution < 1.29 is 9.53 Å². The van der Waals surface area contributed by atoms with Crippen LogP contribution < -0.4 is 0 Å². The Morgan fingerprint density at radius 1 is 1.14 bits per heavy atom. The first kappa shape index (κ1) is 11.5. The van der Waals surface area contributed by atoms with Crippen LogP contribution in [0.2, 0.25) is 0 Å². The summed E-state index contributed by atoms with van der Waals surface area (Å²) in [5.41, 5.74) is 0.651. The number of methoxy groups -OCH3 is 1. The summed E-state index contributed by atoms with van der Waals surface area (Å²) in [5.74, 6) is -0.0628. The van der Waals surface area contributed by atoms with Gasteiger partial charge in [-0.1, -0.05) is 20.8 Å². The maximum absolute atomic E-state index is 11.2. The Morgan fingerprint density at radius 3 is 2.07 bits per heavy atom. The predicted octanol–water partition coefficient (Wildman–Crippen LogP) is 3.16. The molecule has 1 aliphatic rings. The van der Waals surface area contributed by atoms with Gasteiger partial charge in [0, 0.05) is 0 Å². The molecular formula is C12H22O2. The van der Waals surface area contributed by atoms with Crippen molar-refractivity contribution in [3.05, 3.63) is 0 Å². The van der Waals surface area contributed by atoms with E-state index in [1.165, 1.54) is 20.0 Å².